The molecule has 2 aromatic rings. The fraction of sp³-hybridized carbons (Fsp3) is 0.154. The highest BCUT2D eigenvalue weighted by molar-refractivity contribution is 6.30. The molecule has 4 nitrogen and oxygen atoms in total. The summed E-state index contributed by atoms with van der Waals surface area (Å²) in [6.07, 6.45) is 1.37. The van der Waals surface area contributed by atoms with Crippen LogP contribution in [0.2, 0.25) is 5.02 Å². The molecule has 0 spiro atoms. The van der Waals surface area contributed by atoms with Gasteiger partial charge in [-0.3, -0.25) is 0 Å². The summed E-state index contributed by atoms with van der Waals surface area (Å²) in [5, 5.41) is 3.09. The third-order valence-corrected chi connectivity index (χ3v) is 2.63. The Morgan fingerprint density at radius 3 is 2.26 bits per heavy atom. The summed E-state index contributed by atoms with van der Waals surface area (Å²) in [5.41, 5.74) is 0.602. The Kier molecular flexibility index (Phi) is 4.06. The Balaban J connectivity index is 2.31. The van der Waals surface area contributed by atoms with Crippen molar-refractivity contribution in [2.45, 2.75) is 0 Å². The highest BCUT2D eigenvalue weighted by Crippen LogP contribution is 2.28. The van der Waals surface area contributed by atoms with Gasteiger partial charge in [-0.05, 0) is 6.07 Å². The predicted octanol–water partition coefficient (Wildman–Crippen LogP) is 3.63. The number of halogens is 2. The summed E-state index contributed by atoms with van der Waals surface area (Å²) >= 11 is 5.64. The normalized spacial score (nSPS) is 10.1. The Labute approximate surface area is 115 Å². The van der Waals surface area contributed by atoms with E-state index in [4.69, 9.17) is 21.1 Å². The summed E-state index contributed by atoms with van der Waals surface area (Å²) in [6, 6.07) is 6.32. The molecule has 0 fully saturated rings. The SMILES string of the molecule is COc1cc(Nc2ncc(Cl)cc2F)cc(OC)c1. The molecule has 19 heavy (non-hydrogen) atoms. The van der Waals surface area contributed by atoms with Crippen molar-refractivity contribution in [2.75, 3.05) is 19.5 Å². The minimum Gasteiger partial charge on any atom is -0.497 e. The van der Waals surface area contributed by atoms with E-state index in [0.717, 1.165) is 0 Å². The molecule has 2 rings (SSSR count). The third-order valence-electron chi connectivity index (χ3n) is 2.42. The number of pyridine rings is 1. The van der Waals surface area contributed by atoms with E-state index in [1.54, 1.807) is 32.4 Å². The number of nitrogens with one attached hydrogen (secondary N) is 1. The lowest BCUT2D eigenvalue weighted by atomic mass is 10.2. The molecule has 0 saturated carbocycles. The van der Waals surface area contributed by atoms with Crippen molar-refractivity contribution in [1.82, 2.24) is 4.98 Å². The maximum Gasteiger partial charge on any atom is 0.167 e. The van der Waals surface area contributed by atoms with Crippen LogP contribution in [-0.4, -0.2) is 19.2 Å². The second-order valence-electron chi connectivity index (χ2n) is 3.71. The van der Waals surface area contributed by atoms with Crippen molar-refractivity contribution in [3.63, 3.8) is 0 Å². The molecule has 0 aliphatic rings. The number of hydrogen-bond donors (Lipinski definition) is 1. The Morgan fingerprint density at radius 2 is 1.74 bits per heavy atom. The quantitative estimate of drug-likeness (QED) is 0.930. The number of benzene rings is 1. The Hall–Kier alpha value is -2.01. The van der Waals surface area contributed by atoms with E-state index in [1.807, 2.05) is 0 Å². The number of hydrogen-bond acceptors (Lipinski definition) is 4. The molecule has 0 atom stereocenters. The fourth-order valence-corrected chi connectivity index (χ4v) is 1.67. The minimum absolute atomic E-state index is 0.0831. The minimum atomic E-state index is -0.533. The van der Waals surface area contributed by atoms with E-state index < -0.39 is 5.82 Å². The van der Waals surface area contributed by atoms with E-state index in [1.165, 1.54) is 12.3 Å². The topological polar surface area (TPSA) is 43.4 Å². The lowest BCUT2D eigenvalue weighted by Gasteiger charge is -2.10. The molecule has 0 aliphatic heterocycles. The molecular formula is C13H12ClFN2O2. The zero-order valence-corrected chi connectivity index (χ0v) is 11.2. The molecule has 1 aromatic heterocycles. The third kappa shape index (κ3) is 3.26. The summed E-state index contributed by atoms with van der Waals surface area (Å²) in [5.74, 6) is 0.737. The van der Waals surface area contributed by atoms with Crippen molar-refractivity contribution in [3.8, 4) is 11.5 Å². The van der Waals surface area contributed by atoms with Gasteiger partial charge in [-0.2, -0.15) is 0 Å². The molecule has 0 radical (unpaired) electrons. The molecule has 0 amide bonds. The fourth-order valence-electron chi connectivity index (χ4n) is 1.52. The first kappa shape index (κ1) is 13.4. The van der Waals surface area contributed by atoms with Gasteiger partial charge in [0.25, 0.3) is 0 Å². The maximum atomic E-state index is 13.6. The first-order valence-electron chi connectivity index (χ1n) is 5.43. The molecule has 0 bridgehead atoms. The first-order chi connectivity index (χ1) is 9.12. The second-order valence-corrected chi connectivity index (χ2v) is 4.15. The molecule has 1 aromatic carbocycles. The van der Waals surface area contributed by atoms with Crippen molar-refractivity contribution in [2.24, 2.45) is 0 Å². The van der Waals surface area contributed by atoms with E-state index in [9.17, 15) is 4.39 Å². The number of nitrogens with zero attached hydrogens (tertiary/aromatic N) is 1. The van der Waals surface area contributed by atoms with E-state index >= 15 is 0 Å². The molecular weight excluding hydrogens is 271 g/mol. The summed E-state index contributed by atoms with van der Waals surface area (Å²) in [7, 11) is 3.08. The highest BCUT2D eigenvalue weighted by atomic mass is 35.5. The zero-order valence-electron chi connectivity index (χ0n) is 10.4. The predicted molar refractivity (Wildman–Crippen MR) is 72.0 cm³/mol. The molecule has 0 saturated heterocycles. The van der Waals surface area contributed by atoms with Gasteiger partial charge in [0, 0.05) is 30.1 Å². The summed E-state index contributed by atoms with van der Waals surface area (Å²) < 4.78 is 23.9. The highest BCUT2D eigenvalue weighted by Gasteiger charge is 2.07. The van der Waals surface area contributed by atoms with Gasteiger partial charge in [0.15, 0.2) is 11.6 Å². The Bertz CT molecular complexity index is 571. The van der Waals surface area contributed by atoms with Crippen LogP contribution in [0.25, 0.3) is 0 Å². The monoisotopic (exact) mass is 282 g/mol. The van der Waals surface area contributed by atoms with Crippen LogP contribution in [0, 0.1) is 5.82 Å². The summed E-state index contributed by atoms with van der Waals surface area (Å²) in [4.78, 5) is 3.88. The van der Waals surface area contributed by atoms with E-state index in [2.05, 4.69) is 10.3 Å². The zero-order chi connectivity index (χ0) is 13.8. The average Bonchev–Trinajstić information content (AvgIpc) is 2.41. The van der Waals surface area contributed by atoms with Gasteiger partial charge in [0.1, 0.15) is 11.5 Å². The van der Waals surface area contributed by atoms with Crippen molar-refractivity contribution >= 4 is 23.1 Å². The van der Waals surface area contributed by atoms with Crippen LogP contribution in [0.15, 0.2) is 30.5 Å². The van der Waals surface area contributed by atoms with Gasteiger partial charge in [-0.15, -0.1) is 0 Å². The van der Waals surface area contributed by atoms with E-state index in [0.29, 0.717) is 17.2 Å². The van der Waals surface area contributed by atoms with Crippen LogP contribution in [-0.2, 0) is 0 Å². The Morgan fingerprint density at radius 1 is 1.11 bits per heavy atom. The van der Waals surface area contributed by atoms with Crippen molar-refractivity contribution in [1.29, 1.82) is 0 Å². The van der Waals surface area contributed by atoms with E-state index in [-0.39, 0.29) is 10.8 Å². The lowest BCUT2D eigenvalue weighted by Crippen LogP contribution is -1.98. The van der Waals surface area contributed by atoms with Gasteiger partial charge in [-0.1, -0.05) is 11.6 Å². The van der Waals surface area contributed by atoms with Crippen LogP contribution in [0.1, 0.15) is 0 Å². The first-order valence-corrected chi connectivity index (χ1v) is 5.81. The molecule has 1 heterocycles. The number of rotatable bonds is 4. The number of methoxy groups -OCH3 is 2. The van der Waals surface area contributed by atoms with Gasteiger partial charge in [-0.25, -0.2) is 9.37 Å². The van der Waals surface area contributed by atoms with Gasteiger partial charge in [0.2, 0.25) is 0 Å². The van der Waals surface area contributed by atoms with Gasteiger partial charge < -0.3 is 14.8 Å². The smallest absolute Gasteiger partial charge is 0.167 e. The molecule has 1 N–H and O–H groups in total. The maximum absolute atomic E-state index is 13.6. The standard InChI is InChI=1S/C13H12ClFN2O2/c1-18-10-4-9(5-11(6-10)19-2)17-13-12(15)3-8(14)7-16-13/h3-7H,1-2H3,(H,16,17). The molecule has 0 aliphatic carbocycles. The lowest BCUT2D eigenvalue weighted by molar-refractivity contribution is 0.395. The average molecular weight is 283 g/mol. The molecule has 100 valence electrons. The van der Waals surface area contributed by atoms with Crippen molar-refractivity contribution < 1.29 is 13.9 Å². The second kappa shape index (κ2) is 5.75. The molecule has 0 unspecified atom stereocenters. The van der Waals surface area contributed by atoms with Crippen LogP contribution < -0.4 is 14.8 Å². The van der Waals surface area contributed by atoms with Crippen LogP contribution >= 0.6 is 11.6 Å². The van der Waals surface area contributed by atoms with Crippen LogP contribution in [0.3, 0.4) is 0 Å². The number of aromatic nitrogens is 1. The number of ether oxygens (including phenoxy) is 2. The van der Waals surface area contributed by atoms with Gasteiger partial charge >= 0.3 is 0 Å². The largest absolute Gasteiger partial charge is 0.497 e. The van der Waals surface area contributed by atoms with Crippen molar-refractivity contribution in [3.05, 3.63) is 41.3 Å². The van der Waals surface area contributed by atoms with Crippen LogP contribution in [0.5, 0.6) is 11.5 Å². The van der Waals surface area contributed by atoms with Gasteiger partial charge in [0.05, 0.1) is 19.2 Å². The summed E-state index contributed by atoms with van der Waals surface area (Å²) in [6.45, 7) is 0. The number of anilines is 2. The van der Waals surface area contributed by atoms with Crippen LogP contribution in [0.4, 0.5) is 15.9 Å². The molecule has 6 heteroatoms.